The van der Waals surface area contributed by atoms with Gasteiger partial charge in [-0.15, -0.1) is 0 Å². The predicted molar refractivity (Wildman–Crippen MR) is 59.9 cm³/mol. The van der Waals surface area contributed by atoms with Gasteiger partial charge in [0.2, 0.25) is 0 Å². The molecule has 90 valence electrons. The highest BCUT2D eigenvalue weighted by atomic mass is 16.4. The smallest absolute Gasteiger partial charge is 0.303 e. The van der Waals surface area contributed by atoms with E-state index in [4.69, 9.17) is 10.2 Å². The normalized spacial score (nSPS) is 10.9. The average Bonchev–Trinajstić information content (AvgIpc) is 2.19. The van der Waals surface area contributed by atoms with E-state index in [-0.39, 0.29) is 6.61 Å². The molecular formula is C11H23NO3. The lowest BCUT2D eigenvalue weighted by Gasteiger charge is -2.15. The molecule has 0 spiro atoms. The van der Waals surface area contributed by atoms with Crippen LogP contribution in [0.4, 0.5) is 0 Å². The van der Waals surface area contributed by atoms with Crippen LogP contribution >= 0.6 is 0 Å². The summed E-state index contributed by atoms with van der Waals surface area (Å²) in [6, 6.07) is 0. The second-order valence-corrected chi connectivity index (χ2v) is 3.94. The van der Waals surface area contributed by atoms with Crippen molar-refractivity contribution in [2.75, 3.05) is 26.7 Å². The van der Waals surface area contributed by atoms with Crippen LogP contribution in [0.25, 0.3) is 0 Å². The van der Waals surface area contributed by atoms with Gasteiger partial charge in [-0.05, 0) is 32.9 Å². The molecule has 0 aliphatic heterocycles. The molecule has 0 radical (unpaired) electrons. The summed E-state index contributed by atoms with van der Waals surface area (Å²) in [6.07, 6.45) is 5.12. The van der Waals surface area contributed by atoms with E-state index in [0.29, 0.717) is 6.42 Å². The maximum Gasteiger partial charge on any atom is 0.303 e. The van der Waals surface area contributed by atoms with E-state index in [1.54, 1.807) is 0 Å². The van der Waals surface area contributed by atoms with E-state index in [2.05, 4.69) is 4.90 Å². The number of carboxylic acids is 1. The van der Waals surface area contributed by atoms with E-state index < -0.39 is 5.97 Å². The van der Waals surface area contributed by atoms with Crippen LogP contribution in [0.3, 0.4) is 0 Å². The second kappa shape index (κ2) is 9.93. The van der Waals surface area contributed by atoms with Crippen LogP contribution in [-0.2, 0) is 4.79 Å². The Morgan fingerprint density at radius 1 is 1.07 bits per heavy atom. The summed E-state index contributed by atoms with van der Waals surface area (Å²) in [4.78, 5) is 12.4. The van der Waals surface area contributed by atoms with Gasteiger partial charge in [-0.3, -0.25) is 4.79 Å². The minimum absolute atomic E-state index is 0.253. The third-order valence-electron chi connectivity index (χ3n) is 2.38. The van der Waals surface area contributed by atoms with Crippen molar-refractivity contribution in [3.63, 3.8) is 0 Å². The van der Waals surface area contributed by atoms with Crippen molar-refractivity contribution in [1.82, 2.24) is 4.90 Å². The SMILES string of the molecule is CN(CCCO)CCCCCCC(=O)O. The van der Waals surface area contributed by atoms with Crippen molar-refractivity contribution in [3.8, 4) is 0 Å². The van der Waals surface area contributed by atoms with E-state index in [0.717, 1.165) is 45.2 Å². The van der Waals surface area contributed by atoms with Crippen LogP contribution in [0.1, 0.15) is 38.5 Å². The molecule has 4 nitrogen and oxygen atoms in total. The van der Waals surface area contributed by atoms with Crippen LogP contribution in [0, 0.1) is 0 Å². The molecule has 0 bridgehead atoms. The summed E-state index contributed by atoms with van der Waals surface area (Å²) in [5, 5.41) is 17.0. The Bertz CT molecular complexity index is 162. The molecule has 0 aliphatic carbocycles. The van der Waals surface area contributed by atoms with Crippen LogP contribution in [-0.4, -0.2) is 47.8 Å². The third-order valence-corrected chi connectivity index (χ3v) is 2.38. The fraction of sp³-hybridized carbons (Fsp3) is 0.909. The van der Waals surface area contributed by atoms with Gasteiger partial charge in [0.05, 0.1) is 0 Å². The largest absolute Gasteiger partial charge is 0.481 e. The number of unbranched alkanes of at least 4 members (excludes halogenated alkanes) is 3. The Labute approximate surface area is 91.9 Å². The molecular weight excluding hydrogens is 194 g/mol. The molecule has 0 rings (SSSR count). The monoisotopic (exact) mass is 217 g/mol. The summed E-state index contributed by atoms with van der Waals surface area (Å²) >= 11 is 0. The Hall–Kier alpha value is -0.610. The van der Waals surface area contributed by atoms with E-state index in [1.165, 1.54) is 0 Å². The van der Waals surface area contributed by atoms with Crippen molar-refractivity contribution >= 4 is 5.97 Å². The minimum atomic E-state index is -0.699. The molecule has 0 saturated carbocycles. The molecule has 0 unspecified atom stereocenters. The lowest BCUT2D eigenvalue weighted by molar-refractivity contribution is -0.137. The van der Waals surface area contributed by atoms with Crippen LogP contribution in [0.15, 0.2) is 0 Å². The maximum atomic E-state index is 10.2. The summed E-state index contributed by atoms with van der Waals surface area (Å²) in [5.41, 5.74) is 0. The highest BCUT2D eigenvalue weighted by Crippen LogP contribution is 2.03. The first kappa shape index (κ1) is 14.4. The van der Waals surface area contributed by atoms with Gasteiger partial charge in [-0.1, -0.05) is 12.8 Å². The van der Waals surface area contributed by atoms with Gasteiger partial charge in [0.15, 0.2) is 0 Å². The number of hydrogen-bond acceptors (Lipinski definition) is 3. The topological polar surface area (TPSA) is 60.8 Å². The average molecular weight is 217 g/mol. The number of carboxylic acid groups (broad SMARTS) is 1. The fourth-order valence-corrected chi connectivity index (χ4v) is 1.46. The van der Waals surface area contributed by atoms with Crippen molar-refractivity contribution in [2.24, 2.45) is 0 Å². The van der Waals surface area contributed by atoms with Gasteiger partial charge in [0, 0.05) is 19.6 Å². The molecule has 15 heavy (non-hydrogen) atoms. The van der Waals surface area contributed by atoms with Gasteiger partial charge in [0.1, 0.15) is 0 Å². The Balaban J connectivity index is 3.12. The number of carbonyl (C=O) groups is 1. The highest BCUT2D eigenvalue weighted by molar-refractivity contribution is 5.66. The zero-order chi connectivity index (χ0) is 11.5. The maximum absolute atomic E-state index is 10.2. The van der Waals surface area contributed by atoms with Crippen LogP contribution in [0.5, 0.6) is 0 Å². The lowest BCUT2D eigenvalue weighted by atomic mass is 10.1. The first-order chi connectivity index (χ1) is 7.16. The molecule has 0 atom stereocenters. The molecule has 2 N–H and O–H groups in total. The number of nitrogens with zero attached hydrogens (tertiary/aromatic N) is 1. The molecule has 0 aromatic carbocycles. The van der Waals surface area contributed by atoms with Gasteiger partial charge in [-0.25, -0.2) is 0 Å². The summed E-state index contributed by atoms with van der Waals surface area (Å²) in [6.45, 7) is 2.22. The van der Waals surface area contributed by atoms with Crippen molar-refractivity contribution in [1.29, 1.82) is 0 Å². The molecule has 0 aromatic rings. The first-order valence-corrected chi connectivity index (χ1v) is 5.68. The van der Waals surface area contributed by atoms with Crippen LogP contribution in [0.2, 0.25) is 0 Å². The zero-order valence-corrected chi connectivity index (χ0v) is 9.61. The van der Waals surface area contributed by atoms with Crippen LogP contribution < -0.4 is 0 Å². The minimum Gasteiger partial charge on any atom is -0.481 e. The number of aliphatic hydroxyl groups excluding tert-OH is 1. The van der Waals surface area contributed by atoms with E-state index in [9.17, 15) is 4.79 Å². The number of rotatable bonds is 10. The number of aliphatic carboxylic acids is 1. The van der Waals surface area contributed by atoms with Gasteiger partial charge < -0.3 is 15.1 Å². The molecule has 0 amide bonds. The van der Waals surface area contributed by atoms with Gasteiger partial charge in [-0.2, -0.15) is 0 Å². The fourth-order valence-electron chi connectivity index (χ4n) is 1.46. The van der Waals surface area contributed by atoms with Gasteiger partial charge >= 0.3 is 5.97 Å². The predicted octanol–water partition coefficient (Wildman–Crippen LogP) is 1.34. The molecule has 0 aliphatic rings. The standard InChI is InChI=1S/C11H23NO3/c1-12(9-6-10-13)8-5-3-2-4-7-11(14)15/h13H,2-10H2,1H3,(H,14,15). The molecule has 0 heterocycles. The summed E-state index contributed by atoms with van der Waals surface area (Å²) in [5.74, 6) is -0.699. The van der Waals surface area contributed by atoms with E-state index >= 15 is 0 Å². The van der Waals surface area contributed by atoms with Crippen molar-refractivity contribution in [3.05, 3.63) is 0 Å². The zero-order valence-electron chi connectivity index (χ0n) is 9.61. The number of hydrogen-bond donors (Lipinski definition) is 2. The molecule has 0 saturated heterocycles. The van der Waals surface area contributed by atoms with Gasteiger partial charge in [0.25, 0.3) is 0 Å². The number of aliphatic hydroxyl groups is 1. The quantitative estimate of drug-likeness (QED) is 0.542. The van der Waals surface area contributed by atoms with Crippen molar-refractivity contribution < 1.29 is 15.0 Å². The Kier molecular flexibility index (Phi) is 9.52. The highest BCUT2D eigenvalue weighted by Gasteiger charge is 1.99. The molecule has 0 aromatic heterocycles. The molecule has 4 heteroatoms. The second-order valence-electron chi connectivity index (χ2n) is 3.94. The summed E-state index contributed by atoms with van der Waals surface area (Å²) < 4.78 is 0. The lowest BCUT2D eigenvalue weighted by Crippen LogP contribution is -2.21. The third kappa shape index (κ3) is 11.3. The Morgan fingerprint density at radius 3 is 2.27 bits per heavy atom. The van der Waals surface area contributed by atoms with Crippen molar-refractivity contribution in [2.45, 2.75) is 38.5 Å². The first-order valence-electron chi connectivity index (χ1n) is 5.68. The van der Waals surface area contributed by atoms with E-state index in [1.807, 2.05) is 7.05 Å². The Morgan fingerprint density at radius 2 is 1.67 bits per heavy atom. The summed E-state index contributed by atoms with van der Waals surface area (Å²) in [7, 11) is 2.05. The molecule has 0 fully saturated rings.